The van der Waals surface area contributed by atoms with Crippen molar-refractivity contribution in [2.45, 2.75) is 71.4 Å². The maximum Gasteiger partial charge on any atom is 0.237 e. The maximum absolute atomic E-state index is 11.5. The van der Waals surface area contributed by atoms with Crippen LogP contribution in [0.2, 0.25) is 0 Å². The lowest BCUT2D eigenvalue weighted by Gasteiger charge is -2.29. The van der Waals surface area contributed by atoms with Gasteiger partial charge in [-0.15, -0.1) is 0 Å². The second-order valence-electron chi connectivity index (χ2n) is 5.42. The van der Waals surface area contributed by atoms with Crippen molar-refractivity contribution in [1.82, 2.24) is 5.32 Å². The normalized spacial score (nSPS) is 14.7. The van der Waals surface area contributed by atoms with Gasteiger partial charge < -0.3 is 15.8 Å². The number of primary amides is 1. The summed E-state index contributed by atoms with van der Waals surface area (Å²) in [5.74, 6) is -0.275. The fraction of sp³-hybridized carbons (Fsp3) is 0.929. The summed E-state index contributed by atoms with van der Waals surface area (Å²) >= 11 is 0. The SMILES string of the molecule is CCCCOCCCCC(C)(NC(C)C)C(N)=O. The second kappa shape index (κ2) is 9.34. The molecule has 0 fully saturated rings. The molecule has 0 aliphatic rings. The number of carbonyl (C=O) groups is 1. The highest BCUT2D eigenvalue weighted by Gasteiger charge is 2.30. The van der Waals surface area contributed by atoms with E-state index in [2.05, 4.69) is 12.2 Å². The zero-order chi connectivity index (χ0) is 14.0. The summed E-state index contributed by atoms with van der Waals surface area (Å²) in [7, 11) is 0. The van der Waals surface area contributed by atoms with E-state index >= 15 is 0 Å². The minimum absolute atomic E-state index is 0.253. The lowest BCUT2D eigenvalue weighted by Crippen LogP contribution is -2.55. The van der Waals surface area contributed by atoms with E-state index in [-0.39, 0.29) is 11.9 Å². The fourth-order valence-corrected chi connectivity index (χ4v) is 1.93. The van der Waals surface area contributed by atoms with Crippen molar-refractivity contribution in [2.24, 2.45) is 5.73 Å². The summed E-state index contributed by atoms with van der Waals surface area (Å²) < 4.78 is 5.49. The molecular weight excluding hydrogens is 228 g/mol. The van der Waals surface area contributed by atoms with Crippen LogP contribution in [0.1, 0.15) is 59.8 Å². The topological polar surface area (TPSA) is 64.3 Å². The third-order valence-electron chi connectivity index (χ3n) is 3.01. The Bertz CT molecular complexity index is 232. The van der Waals surface area contributed by atoms with E-state index in [9.17, 15) is 4.79 Å². The van der Waals surface area contributed by atoms with E-state index in [1.165, 1.54) is 0 Å². The lowest BCUT2D eigenvalue weighted by atomic mass is 9.93. The molecule has 0 bridgehead atoms. The molecule has 1 unspecified atom stereocenters. The largest absolute Gasteiger partial charge is 0.381 e. The molecule has 0 aromatic carbocycles. The Kier molecular flexibility index (Phi) is 9.02. The van der Waals surface area contributed by atoms with Gasteiger partial charge in [-0.05, 0) is 46.5 Å². The molecule has 0 spiro atoms. The minimum Gasteiger partial charge on any atom is -0.381 e. The van der Waals surface area contributed by atoms with Crippen molar-refractivity contribution < 1.29 is 9.53 Å². The Labute approximate surface area is 112 Å². The van der Waals surface area contributed by atoms with Crippen molar-refractivity contribution in [3.05, 3.63) is 0 Å². The van der Waals surface area contributed by atoms with Crippen molar-refractivity contribution >= 4 is 5.91 Å². The quantitative estimate of drug-likeness (QED) is 0.558. The molecule has 18 heavy (non-hydrogen) atoms. The summed E-state index contributed by atoms with van der Waals surface area (Å²) in [4.78, 5) is 11.5. The molecule has 0 aliphatic carbocycles. The van der Waals surface area contributed by atoms with Crippen LogP contribution in [-0.4, -0.2) is 30.7 Å². The maximum atomic E-state index is 11.5. The molecule has 0 aliphatic heterocycles. The molecule has 0 aromatic rings. The van der Waals surface area contributed by atoms with Gasteiger partial charge in [-0.1, -0.05) is 13.3 Å². The van der Waals surface area contributed by atoms with Gasteiger partial charge in [-0.2, -0.15) is 0 Å². The number of nitrogens with one attached hydrogen (secondary N) is 1. The van der Waals surface area contributed by atoms with Gasteiger partial charge in [-0.25, -0.2) is 0 Å². The van der Waals surface area contributed by atoms with Crippen LogP contribution in [0.25, 0.3) is 0 Å². The molecule has 1 amide bonds. The van der Waals surface area contributed by atoms with Gasteiger partial charge in [0.15, 0.2) is 0 Å². The van der Waals surface area contributed by atoms with Gasteiger partial charge in [0.05, 0.1) is 5.54 Å². The number of nitrogens with two attached hydrogens (primary N) is 1. The van der Waals surface area contributed by atoms with Crippen LogP contribution < -0.4 is 11.1 Å². The number of hydrogen-bond acceptors (Lipinski definition) is 3. The highest BCUT2D eigenvalue weighted by Crippen LogP contribution is 2.14. The van der Waals surface area contributed by atoms with E-state index in [0.29, 0.717) is 0 Å². The zero-order valence-electron chi connectivity index (χ0n) is 12.4. The summed E-state index contributed by atoms with van der Waals surface area (Å²) in [6.45, 7) is 9.70. The Morgan fingerprint density at radius 3 is 2.39 bits per heavy atom. The first-order chi connectivity index (χ1) is 8.42. The van der Waals surface area contributed by atoms with Gasteiger partial charge in [0.2, 0.25) is 5.91 Å². The summed E-state index contributed by atoms with van der Waals surface area (Å²) in [6, 6.07) is 0.253. The average Bonchev–Trinajstić information content (AvgIpc) is 2.26. The zero-order valence-corrected chi connectivity index (χ0v) is 12.4. The Hall–Kier alpha value is -0.610. The highest BCUT2D eigenvalue weighted by atomic mass is 16.5. The summed E-state index contributed by atoms with van der Waals surface area (Å²) in [5, 5.41) is 3.25. The summed E-state index contributed by atoms with van der Waals surface area (Å²) in [6.07, 6.45) is 4.97. The van der Waals surface area contributed by atoms with E-state index in [1.54, 1.807) is 0 Å². The first kappa shape index (κ1) is 17.4. The number of hydrogen-bond donors (Lipinski definition) is 2. The molecular formula is C14H30N2O2. The standard InChI is InChI=1S/C14H30N2O2/c1-5-6-10-18-11-8-7-9-14(4,13(15)17)16-12(2)3/h12,16H,5-11H2,1-4H3,(H2,15,17). The Balaban J connectivity index is 3.81. The predicted molar refractivity (Wildman–Crippen MR) is 75.4 cm³/mol. The minimum atomic E-state index is -0.600. The van der Waals surface area contributed by atoms with E-state index in [4.69, 9.17) is 10.5 Å². The molecule has 0 rings (SSSR count). The fourth-order valence-electron chi connectivity index (χ4n) is 1.93. The van der Waals surface area contributed by atoms with E-state index in [1.807, 2.05) is 20.8 Å². The molecule has 0 heterocycles. The van der Waals surface area contributed by atoms with Gasteiger partial charge in [0, 0.05) is 19.3 Å². The first-order valence-electron chi connectivity index (χ1n) is 7.07. The first-order valence-corrected chi connectivity index (χ1v) is 7.07. The van der Waals surface area contributed by atoms with Crippen LogP contribution in [0.5, 0.6) is 0 Å². The van der Waals surface area contributed by atoms with Gasteiger partial charge in [-0.3, -0.25) is 4.79 Å². The number of unbranched alkanes of at least 4 members (excludes halogenated alkanes) is 2. The molecule has 0 radical (unpaired) electrons. The van der Waals surface area contributed by atoms with Crippen LogP contribution in [0.4, 0.5) is 0 Å². The average molecular weight is 258 g/mol. The smallest absolute Gasteiger partial charge is 0.237 e. The van der Waals surface area contributed by atoms with Gasteiger partial charge >= 0.3 is 0 Å². The molecule has 108 valence electrons. The Morgan fingerprint density at radius 1 is 1.28 bits per heavy atom. The lowest BCUT2D eigenvalue weighted by molar-refractivity contribution is -0.124. The van der Waals surface area contributed by atoms with Crippen LogP contribution in [0.15, 0.2) is 0 Å². The van der Waals surface area contributed by atoms with Crippen molar-refractivity contribution in [3.8, 4) is 0 Å². The molecule has 3 N–H and O–H groups in total. The number of carbonyl (C=O) groups excluding carboxylic acids is 1. The van der Waals surface area contributed by atoms with Crippen molar-refractivity contribution in [1.29, 1.82) is 0 Å². The van der Waals surface area contributed by atoms with Crippen molar-refractivity contribution in [3.63, 3.8) is 0 Å². The highest BCUT2D eigenvalue weighted by molar-refractivity contribution is 5.84. The number of ether oxygens (including phenoxy) is 1. The molecule has 0 saturated carbocycles. The molecule has 4 heteroatoms. The third kappa shape index (κ3) is 7.67. The van der Waals surface area contributed by atoms with Crippen LogP contribution in [0.3, 0.4) is 0 Å². The van der Waals surface area contributed by atoms with Crippen LogP contribution in [-0.2, 0) is 9.53 Å². The third-order valence-corrected chi connectivity index (χ3v) is 3.01. The van der Waals surface area contributed by atoms with Crippen LogP contribution >= 0.6 is 0 Å². The molecule has 0 aromatic heterocycles. The van der Waals surface area contributed by atoms with E-state index < -0.39 is 5.54 Å². The Morgan fingerprint density at radius 2 is 1.89 bits per heavy atom. The van der Waals surface area contributed by atoms with Gasteiger partial charge in [0.25, 0.3) is 0 Å². The van der Waals surface area contributed by atoms with Gasteiger partial charge in [0.1, 0.15) is 0 Å². The number of rotatable bonds is 11. The van der Waals surface area contributed by atoms with E-state index in [0.717, 1.165) is 45.3 Å². The van der Waals surface area contributed by atoms with Crippen LogP contribution in [0, 0.1) is 0 Å². The van der Waals surface area contributed by atoms with Crippen molar-refractivity contribution in [2.75, 3.05) is 13.2 Å². The molecule has 4 nitrogen and oxygen atoms in total. The second-order valence-corrected chi connectivity index (χ2v) is 5.42. The molecule has 1 atom stereocenters. The predicted octanol–water partition coefficient (Wildman–Crippen LogP) is 2.22. The molecule has 0 saturated heterocycles. The monoisotopic (exact) mass is 258 g/mol. The number of amides is 1. The summed E-state index contributed by atoms with van der Waals surface area (Å²) in [5.41, 5.74) is 4.87.